The largest absolute Gasteiger partial charge is 0.416 e. The number of nitrogens with one attached hydrogen (secondary N) is 2. The van der Waals surface area contributed by atoms with E-state index < -0.39 is 17.8 Å². The molecule has 3 amide bonds. The first-order chi connectivity index (χ1) is 13.2. The summed E-state index contributed by atoms with van der Waals surface area (Å²) in [6.45, 7) is 2.46. The lowest BCUT2D eigenvalue weighted by atomic mass is 10.0. The van der Waals surface area contributed by atoms with Crippen LogP contribution in [0, 0.1) is 0 Å². The smallest absolute Gasteiger partial charge is 0.344 e. The zero-order valence-electron chi connectivity index (χ0n) is 15.8. The molecule has 2 N–H and O–H groups in total. The molecule has 28 heavy (non-hydrogen) atoms. The van der Waals surface area contributed by atoms with Crippen molar-refractivity contribution < 1.29 is 22.8 Å². The molecule has 2 saturated heterocycles. The summed E-state index contributed by atoms with van der Waals surface area (Å²) in [4.78, 5) is 27.6. The molecule has 154 valence electrons. The van der Waals surface area contributed by atoms with Crippen LogP contribution >= 0.6 is 0 Å². The molecule has 2 heterocycles. The number of hydrogen-bond donors (Lipinski definition) is 2. The van der Waals surface area contributed by atoms with E-state index in [1.54, 1.807) is 18.0 Å². The lowest BCUT2D eigenvalue weighted by molar-refractivity contribution is -0.137. The van der Waals surface area contributed by atoms with Crippen LogP contribution in [0.25, 0.3) is 0 Å². The number of benzene rings is 1. The Bertz CT molecular complexity index is 717. The molecule has 1 aromatic rings. The highest BCUT2D eigenvalue weighted by atomic mass is 19.4. The number of rotatable bonds is 4. The maximum absolute atomic E-state index is 12.8. The Balaban J connectivity index is 1.43. The zero-order valence-corrected chi connectivity index (χ0v) is 15.8. The summed E-state index contributed by atoms with van der Waals surface area (Å²) < 4.78 is 38.5. The van der Waals surface area contributed by atoms with Crippen LogP contribution in [0.15, 0.2) is 24.3 Å². The minimum Gasteiger partial charge on any atom is -0.344 e. The summed E-state index contributed by atoms with van der Waals surface area (Å²) >= 11 is 0. The predicted octanol–water partition coefficient (Wildman–Crippen LogP) is 2.20. The molecule has 6 nitrogen and oxygen atoms in total. The van der Waals surface area contributed by atoms with Crippen molar-refractivity contribution in [3.63, 3.8) is 0 Å². The fourth-order valence-electron chi connectivity index (χ4n) is 3.68. The number of nitrogens with zero attached hydrogens (tertiary/aromatic N) is 2. The van der Waals surface area contributed by atoms with E-state index in [1.807, 2.05) is 0 Å². The number of likely N-dealkylation sites (N-methyl/N-ethyl adjacent to an activating group) is 1. The lowest BCUT2D eigenvalue weighted by Gasteiger charge is -2.32. The van der Waals surface area contributed by atoms with E-state index in [4.69, 9.17) is 0 Å². The van der Waals surface area contributed by atoms with Gasteiger partial charge in [0.2, 0.25) is 5.91 Å². The summed E-state index contributed by atoms with van der Waals surface area (Å²) in [7, 11) is 1.71. The van der Waals surface area contributed by atoms with Gasteiger partial charge in [-0.25, -0.2) is 4.79 Å². The maximum atomic E-state index is 12.8. The van der Waals surface area contributed by atoms with Crippen molar-refractivity contribution in [2.45, 2.75) is 44.1 Å². The molecule has 0 aromatic heterocycles. The fraction of sp³-hybridized carbons (Fsp3) is 0.579. The van der Waals surface area contributed by atoms with Crippen LogP contribution in [0.2, 0.25) is 0 Å². The van der Waals surface area contributed by atoms with Crippen molar-refractivity contribution in [3.8, 4) is 0 Å². The van der Waals surface area contributed by atoms with Crippen LogP contribution in [0.5, 0.6) is 0 Å². The first kappa shape index (κ1) is 20.4. The highest BCUT2D eigenvalue weighted by Crippen LogP contribution is 2.30. The van der Waals surface area contributed by atoms with Gasteiger partial charge in [-0.2, -0.15) is 13.2 Å². The molecule has 0 bridgehead atoms. The van der Waals surface area contributed by atoms with Gasteiger partial charge >= 0.3 is 12.2 Å². The van der Waals surface area contributed by atoms with E-state index in [2.05, 4.69) is 15.5 Å². The summed E-state index contributed by atoms with van der Waals surface area (Å²) in [6, 6.07) is 4.57. The van der Waals surface area contributed by atoms with E-state index in [-0.39, 0.29) is 18.0 Å². The molecule has 3 rings (SSSR count). The third-order valence-corrected chi connectivity index (χ3v) is 5.32. The molecule has 9 heteroatoms. The quantitative estimate of drug-likeness (QED) is 0.817. The topological polar surface area (TPSA) is 64.7 Å². The van der Waals surface area contributed by atoms with Crippen molar-refractivity contribution in [3.05, 3.63) is 35.4 Å². The predicted molar refractivity (Wildman–Crippen MR) is 97.5 cm³/mol. The Morgan fingerprint density at radius 2 is 1.86 bits per heavy atom. The molecule has 2 fully saturated rings. The van der Waals surface area contributed by atoms with Crippen LogP contribution in [0.4, 0.5) is 18.0 Å². The summed E-state index contributed by atoms with van der Waals surface area (Å²) in [5, 5.41) is 5.61. The third kappa shape index (κ3) is 5.15. The van der Waals surface area contributed by atoms with E-state index in [0.717, 1.165) is 6.07 Å². The van der Waals surface area contributed by atoms with Gasteiger partial charge in [0, 0.05) is 39.3 Å². The van der Waals surface area contributed by atoms with Crippen molar-refractivity contribution in [1.29, 1.82) is 0 Å². The van der Waals surface area contributed by atoms with Gasteiger partial charge in [0.15, 0.2) is 0 Å². The number of halogens is 3. The second kappa shape index (κ2) is 8.38. The van der Waals surface area contributed by atoms with Crippen molar-refractivity contribution in [2.75, 3.05) is 26.7 Å². The van der Waals surface area contributed by atoms with Gasteiger partial charge in [0.1, 0.15) is 6.04 Å². The molecule has 0 spiro atoms. The monoisotopic (exact) mass is 398 g/mol. The Hall–Kier alpha value is -2.29. The number of urea groups is 1. The molecule has 2 aliphatic rings. The molecule has 2 aliphatic heterocycles. The first-order valence-corrected chi connectivity index (χ1v) is 9.43. The Morgan fingerprint density at radius 3 is 2.46 bits per heavy atom. The summed E-state index contributed by atoms with van der Waals surface area (Å²) in [6.07, 6.45) is -2.30. The van der Waals surface area contributed by atoms with Crippen molar-refractivity contribution in [1.82, 2.24) is 20.4 Å². The minimum absolute atomic E-state index is 0.00741. The van der Waals surface area contributed by atoms with E-state index >= 15 is 0 Å². The fourth-order valence-corrected chi connectivity index (χ4v) is 3.68. The number of likely N-dealkylation sites (tertiary alicyclic amines) is 2. The van der Waals surface area contributed by atoms with Crippen molar-refractivity contribution >= 4 is 11.9 Å². The molecular formula is C19H25F3N4O2. The minimum atomic E-state index is -4.34. The SMILES string of the molecule is CN1CCC(NC(=O)NC2CCN(Cc3cccc(C(F)(F)F)c3)CC2)C1=O. The van der Waals surface area contributed by atoms with Crippen LogP contribution in [0.3, 0.4) is 0 Å². The van der Waals surface area contributed by atoms with Crippen LogP contribution in [-0.4, -0.2) is 60.5 Å². The van der Waals surface area contributed by atoms with Gasteiger partial charge in [-0.1, -0.05) is 18.2 Å². The normalized spacial score (nSPS) is 21.8. The van der Waals surface area contributed by atoms with Gasteiger partial charge in [-0.15, -0.1) is 0 Å². The first-order valence-electron chi connectivity index (χ1n) is 9.43. The van der Waals surface area contributed by atoms with Gasteiger partial charge in [-0.05, 0) is 30.9 Å². The summed E-state index contributed by atoms with van der Waals surface area (Å²) in [5.74, 6) is -0.0777. The van der Waals surface area contributed by atoms with Gasteiger partial charge < -0.3 is 15.5 Å². The van der Waals surface area contributed by atoms with E-state index in [0.29, 0.717) is 51.0 Å². The zero-order chi connectivity index (χ0) is 20.3. The Labute approximate surface area is 162 Å². The number of piperidine rings is 1. The standard InChI is InChI=1S/C19H25F3N4O2/c1-25-8-7-16(17(25)27)24-18(28)23-15-5-9-26(10-6-15)12-13-3-2-4-14(11-13)19(20,21)22/h2-4,11,15-16H,5-10,12H2,1H3,(H2,23,24,28). The average molecular weight is 398 g/mol. The number of amides is 3. The number of hydrogen-bond acceptors (Lipinski definition) is 3. The molecule has 1 unspecified atom stereocenters. The second-order valence-electron chi connectivity index (χ2n) is 7.47. The molecule has 0 radical (unpaired) electrons. The molecule has 0 aliphatic carbocycles. The Morgan fingerprint density at radius 1 is 1.14 bits per heavy atom. The van der Waals surface area contributed by atoms with Crippen LogP contribution in [0.1, 0.15) is 30.4 Å². The molecule has 1 aromatic carbocycles. The summed E-state index contributed by atoms with van der Waals surface area (Å²) in [5.41, 5.74) is -0.00632. The number of alkyl halides is 3. The lowest BCUT2D eigenvalue weighted by Crippen LogP contribution is -2.51. The average Bonchev–Trinajstić information content (AvgIpc) is 2.95. The molecular weight excluding hydrogens is 373 g/mol. The number of carbonyl (C=O) groups is 2. The van der Waals surface area contributed by atoms with Gasteiger partial charge in [0.05, 0.1) is 5.56 Å². The third-order valence-electron chi connectivity index (χ3n) is 5.32. The van der Waals surface area contributed by atoms with Gasteiger partial charge in [-0.3, -0.25) is 9.69 Å². The highest BCUT2D eigenvalue weighted by molar-refractivity contribution is 5.88. The van der Waals surface area contributed by atoms with E-state index in [1.165, 1.54) is 12.1 Å². The van der Waals surface area contributed by atoms with Crippen LogP contribution < -0.4 is 10.6 Å². The number of carbonyl (C=O) groups excluding carboxylic acids is 2. The maximum Gasteiger partial charge on any atom is 0.416 e. The highest BCUT2D eigenvalue weighted by Gasteiger charge is 2.32. The second-order valence-corrected chi connectivity index (χ2v) is 7.47. The van der Waals surface area contributed by atoms with E-state index in [9.17, 15) is 22.8 Å². The Kier molecular flexibility index (Phi) is 6.12. The van der Waals surface area contributed by atoms with Gasteiger partial charge in [0.25, 0.3) is 0 Å². The van der Waals surface area contributed by atoms with Crippen LogP contribution in [-0.2, 0) is 17.5 Å². The molecule has 1 atom stereocenters. The van der Waals surface area contributed by atoms with Crippen molar-refractivity contribution in [2.24, 2.45) is 0 Å². The molecule has 0 saturated carbocycles.